The van der Waals surface area contributed by atoms with E-state index in [9.17, 15) is 0 Å². The van der Waals surface area contributed by atoms with Crippen LogP contribution in [-0.2, 0) is 0 Å². The van der Waals surface area contributed by atoms with Gasteiger partial charge in [0.15, 0.2) is 0 Å². The lowest BCUT2D eigenvalue weighted by Gasteiger charge is -2.06. The van der Waals surface area contributed by atoms with E-state index in [1.807, 2.05) is 6.07 Å². The molecule has 1 aliphatic carbocycles. The Bertz CT molecular complexity index is 301. The molecule has 1 saturated carbocycles. The summed E-state index contributed by atoms with van der Waals surface area (Å²) in [6.45, 7) is 0. The third-order valence-corrected chi connectivity index (χ3v) is 4.01. The molecule has 1 aliphatic rings. The molecule has 2 nitrogen and oxygen atoms in total. The second-order valence-corrected chi connectivity index (χ2v) is 4.56. The van der Waals surface area contributed by atoms with Crippen molar-refractivity contribution in [2.45, 2.75) is 18.9 Å². The molecular formula is C8H7BrINO. The highest BCUT2D eigenvalue weighted by Gasteiger charge is 2.24. The summed E-state index contributed by atoms with van der Waals surface area (Å²) in [7, 11) is 0. The van der Waals surface area contributed by atoms with Gasteiger partial charge >= 0.3 is 0 Å². The summed E-state index contributed by atoms with van der Waals surface area (Å²) in [4.78, 5) is 4.10. The van der Waals surface area contributed by atoms with Crippen LogP contribution in [0.5, 0.6) is 5.75 Å². The summed E-state index contributed by atoms with van der Waals surface area (Å²) >= 11 is 5.59. The smallest absolute Gasteiger partial charge is 0.137 e. The maximum absolute atomic E-state index is 5.66. The Balaban J connectivity index is 2.23. The van der Waals surface area contributed by atoms with Gasteiger partial charge in [0.1, 0.15) is 10.4 Å². The third-order valence-electron chi connectivity index (χ3n) is 1.63. The van der Waals surface area contributed by atoms with Crippen LogP contribution in [0.4, 0.5) is 0 Å². The Hall–Kier alpha value is 0.160. The van der Waals surface area contributed by atoms with Gasteiger partial charge in [-0.05, 0) is 57.4 Å². The zero-order chi connectivity index (χ0) is 8.55. The number of hydrogen-bond donors (Lipinski definition) is 0. The predicted molar refractivity (Wildman–Crippen MR) is 58.3 cm³/mol. The van der Waals surface area contributed by atoms with E-state index in [2.05, 4.69) is 43.5 Å². The van der Waals surface area contributed by atoms with Crippen LogP contribution in [0.1, 0.15) is 12.8 Å². The van der Waals surface area contributed by atoms with Crippen LogP contribution in [0.25, 0.3) is 0 Å². The molecule has 0 amide bonds. The van der Waals surface area contributed by atoms with E-state index in [0.717, 1.165) is 13.9 Å². The minimum atomic E-state index is 0.452. The molecule has 0 spiro atoms. The first-order chi connectivity index (χ1) is 5.77. The number of rotatable bonds is 2. The van der Waals surface area contributed by atoms with Gasteiger partial charge in [0.25, 0.3) is 0 Å². The molecule has 64 valence electrons. The molecular weight excluding hydrogens is 333 g/mol. The number of ether oxygens (including phenoxy) is 1. The van der Waals surface area contributed by atoms with Gasteiger partial charge in [-0.2, -0.15) is 0 Å². The lowest BCUT2D eigenvalue weighted by molar-refractivity contribution is 0.300. The fraction of sp³-hybridized carbons (Fsp3) is 0.375. The van der Waals surface area contributed by atoms with Crippen LogP contribution >= 0.6 is 38.5 Å². The van der Waals surface area contributed by atoms with E-state index in [4.69, 9.17) is 4.74 Å². The summed E-state index contributed by atoms with van der Waals surface area (Å²) in [5, 5.41) is 0. The molecule has 0 atom stereocenters. The van der Waals surface area contributed by atoms with Crippen molar-refractivity contribution in [1.29, 1.82) is 0 Å². The normalized spacial score (nSPS) is 16.2. The monoisotopic (exact) mass is 339 g/mol. The van der Waals surface area contributed by atoms with Gasteiger partial charge in [-0.25, -0.2) is 4.98 Å². The van der Waals surface area contributed by atoms with Gasteiger partial charge in [-0.3, -0.25) is 0 Å². The van der Waals surface area contributed by atoms with Crippen molar-refractivity contribution in [3.05, 3.63) is 20.4 Å². The first-order valence-electron chi connectivity index (χ1n) is 3.74. The summed E-state index contributed by atoms with van der Waals surface area (Å²) < 4.78 is 7.58. The van der Waals surface area contributed by atoms with E-state index in [0.29, 0.717) is 6.10 Å². The molecule has 1 aromatic rings. The maximum atomic E-state index is 5.66. The van der Waals surface area contributed by atoms with Crippen molar-refractivity contribution in [3.8, 4) is 5.75 Å². The highest BCUT2D eigenvalue weighted by molar-refractivity contribution is 14.1. The number of halogens is 2. The molecule has 1 aromatic heterocycles. The molecule has 1 heterocycles. The quantitative estimate of drug-likeness (QED) is 0.610. The predicted octanol–water partition coefficient (Wildman–Crippen LogP) is 2.99. The van der Waals surface area contributed by atoms with Crippen LogP contribution in [0, 0.1) is 3.57 Å². The van der Waals surface area contributed by atoms with Crippen LogP contribution in [0.3, 0.4) is 0 Å². The summed E-state index contributed by atoms with van der Waals surface area (Å²) in [6, 6.07) is 1.91. The molecule has 0 bridgehead atoms. The van der Waals surface area contributed by atoms with E-state index in [1.54, 1.807) is 6.20 Å². The van der Waals surface area contributed by atoms with E-state index < -0.39 is 0 Å². The Morgan fingerprint density at radius 3 is 3.00 bits per heavy atom. The van der Waals surface area contributed by atoms with Crippen LogP contribution in [0.15, 0.2) is 16.9 Å². The number of hydrogen-bond acceptors (Lipinski definition) is 2. The number of aromatic nitrogens is 1. The minimum Gasteiger partial charge on any atom is -0.489 e. The van der Waals surface area contributed by atoms with Crippen molar-refractivity contribution in [1.82, 2.24) is 4.98 Å². The zero-order valence-electron chi connectivity index (χ0n) is 6.26. The van der Waals surface area contributed by atoms with E-state index in [-0.39, 0.29) is 0 Å². The molecule has 0 aromatic carbocycles. The van der Waals surface area contributed by atoms with Gasteiger partial charge in [-0.15, -0.1) is 0 Å². The molecule has 0 radical (unpaired) electrons. The molecule has 4 heteroatoms. The molecule has 12 heavy (non-hydrogen) atoms. The highest BCUT2D eigenvalue weighted by atomic mass is 127. The first kappa shape index (κ1) is 8.74. The highest BCUT2D eigenvalue weighted by Crippen LogP contribution is 2.32. The Morgan fingerprint density at radius 2 is 2.33 bits per heavy atom. The lowest BCUT2D eigenvalue weighted by atomic mass is 10.4. The van der Waals surface area contributed by atoms with E-state index >= 15 is 0 Å². The molecule has 0 aliphatic heterocycles. The Kier molecular flexibility index (Phi) is 2.55. The van der Waals surface area contributed by atoms with Crippen LogP contribution < -0.4 is 4.74 Å². The number of pyridine rings is 1. The van der Waals surface area contributed by atoms with Gasteiger partial charge in [0, 0.05) is 6.20 Å². The second kappa shape index (κ2) is 3.49. The molecule has 0 saturated heterocycles. The summed E-state index contributed by atoms with van der Waals surface area (Å²) in [5.74, 6) is 0.944. The largest absolute Gasteiger partial charge is 0.489 e. The second-order valence-electron chi connectivity index (χ2n) is 2.73. The summed E-state index contributed by atoms with van der Waals surface area (Å²) in [5.41, 5.74) is 0. The fourth-order valence-corrected chi connectivity index (χ4v) is 1.62. The van der Waals surface area contributed by atoms with Gasteiger partial charge in [0.2, 0.25) is 0 Å². The van der Waals surface area contributed by atoms with Gasteiger partial charge in [-0.1, -0.05) is 0 Å². The van der Waals surface area contributed by atoms with E-state index in [1.165, 1.54) is 12.8 Å². The topological polar surface area (TPSA) is 22.1 Å². The minimum absolute atomic E-state index is 0.452. The van der Waals surface area contributed by atoms with Gasteiger partial charge < -0.3 is 4.74 Å². The van der Waals surface area contributed by atoms with Crippen LogP contribution in [0.2, 0.25) is 0 Å². The van der Waals surface area contributed by atoms with Crippen molar-refractivity contribution < 1.29 is 4.74 Å². The Labute approximate surface area is 93.0 Å². The summed E-state index contributed by atoms with van der Waals surface area (Å²) in [6.07, 6.45) is 4.59. The average Bonchev–Trinajstić information content (AvgIpc) is 2.83. The van der Waals surface area contributed by atoms with Crippen LogP contribution in [-0.4, -0.2) is 11.1 Å². The lowest BCUT2D eigenvalue weighted by Crippen LogP contribution is -1.98. The van der Waals surface area contributed by atoms with Crippen molar-refractivity contribution in [3.63, 3.8) is 0 Å². The first-order valence-corrected chi connectivity index (χ1v) is 5.61. The maximum Gasteiger partial charge on any atom is 0.137 e. The molecule has 0 unspecified atom stereocenters. The molecule has 0 N–H and O–H groups in total. The number of nitrogens with zero attached hydrogens (tertiary/aromatic N) is 1. The molecule has 1 fully saturated rings. The SMILES string of the molecule is Brc1nccc(OC2CC2)c1I. The average molecular weight is 340 g/mol. The van der Waals surface area contributed by atoms with Crippen molar-refractivity contribution in [2.75, 3.05) is 0 Å². The van der Waals surface area contributed by atoms with Gasteiger partial charge in [0.05, 0.1) is 9.67 Å². The molecule has 2 rings (SSSR count). The zero-order valence-corrected chi connectivity index (χ0v) is 10.0. The van der Waals surface area contributed by atoms with Crippen molar-refractivity contribution in [2.24, 2.45) is 0 Å². The van der Waals surface area contributed by atoms with Crippen molar-refractivity contribution >= 4 is 38.5 Å². The fourth-order valence-electron chi connectivity index (χ4n) is 0.858. The Morgan fingerprint density at radius 1 is 1.58 bits per heavy atom. The standard InChI is InChI=1S/C8H7BrINO/c9-8-7(10)6(3-4-11-8)12-5-1-2-5/h3-5H,1-2H2. The third kappa shape index (κ3) is 1.90.